The predicted octanol–water partition coefficient (Wildman–Crippen LogP) is 3.68. The fraction of sp³-hybridized carbons (Fsp3) is 0.174. The van der Waals surface area contributed by atoms with E-state index in [9.17, 15) is 9.59 Å². The first kappa shape index (κ1) is 21.0. The van der Waals surface area contributed by atoms with Crippen LogP contribution < -0.4 is 10.1 Å². The van der Waals surface area contributed by atoms with Crippen molar-refractivity contribution in [2.24, 2.45) is 0 Å². The molecule has 0 unspecified atom stereocenters. The molecule has 0 fully saturated rings. The van der Waals surface area contributed by atoms with E-state index in [0.717, 1.165) is 17.1 Å². The highest BCUT2D eigenvalue weighted by Gasteiger charge is 2.15. The van der Waals surface area contributed by atoms with Crippen molar-refractivity contribution in [3.8, 4) is 23.2 Å². The van der Waals surface area contributed by atoms with E-state index in [1.54, 1.807) is 41.1 Å². The van der Waals surface area contributed by atoms with Gasteiger partial charge >= 0.3 is 0 Å². The minimum atomic E-state index is -0.416. The van der Waals surface area contributed by atoms with Crippen molar-refractivity contribution in [2.75, 3.05) is 11.9 Å². The number of benzene rings is 1. The maximum atomic E-state index is 12.5. The summed E-state index contributed by atoms with van der Waals surface area (Å²) in [5.41, 5.74) is 2.19. The molecule has 1 N–H and O–H groups in total. The first-order valence-corrected chi connectivity index (χ1v) is 9.89. The van der Waals surface area contributed by atoms with Gasteiger partial charge in [-0.1, -0.05) is 12.1 Å². The number of rotatable bonds is 7. The number of ether oxygens (including phenoxy) is 1. The lowest BCUT2D eigenvalue weighted by Crippen LogP contribution is -2.21. The summed E-state index contributed by atoms with van der Waals surface area (Å²) < 4.78 is 12.8. The smallest absolute Gasteiger partial charge is 0.263 e. The van der Waals surface area contributed by atoms with Crippen LogP contribution in [0.3, 0.4) is 0 Å². The van der Waals surface area contributed by atoms with Crippen LogP contribution in [0.25, 0.3) is 17.4 Å². The van der Waals surface area contributed by atoms with Crippen LogP contribution in [0.1, 0.15) is 27.5 Å². The molecular formula is C23H21N5O4. The Morgan fingerprint density at radius 3 is 2.66 bits per heavy atom. The maximum absolute atomic E-state index is 12.5. The van der Waals surface area contributed by atoms with Crippen LogP contribution in [0.5, 0.6) is 5.75 Å². The highest BCUT2D eigenvalue weighted by atomic mass is 16.5. The number of furan rings is 1. The Balaban J connectivity index is 1.59. The van der Waals surface area contributed by atoms with E-state index < -0.39 is 5.91 Å². The van der Waals surface area contributed by atoms with Crippen molar-refractivity contribution >= 4 is 18.0 Å². The van der Waals surface area contributed by atoms with E-state index >= 15 is 0 Å². The van der Waals surface area contributed by atoms with Gasteiger partial charge in [0, 0.05) is 17.3 Å². The average Bonchev–Trinajstić information content (AvgIpc) is 3.36. The quantitative estimate of drug-likeness (QED) is 0.444. The lowest BCUT2D eigenvalue weighted by molar-refractivity contribution is -0.118. The van der Waals surface area contributed by atoms with E-state index in [1.165, 1.54) is 0 Å². The molecule has 3 aromatic heterocycles. The number of aryl methyl sites for hydroxylation is 3. The maximum Gasteiger partial charge on any atom is 0.263 e. The first-order chi connectivity index (χ1) is 15.4. The van der Waals surface area contributed by atoms with Crippen LogP contribution in [0.4, 0.5) is 5.82 Å². The predicted molar refractivity (Wildman–Crippen MR) is 117 cm³/mol. The fourth-order valence-electron chi connectivity index (χ4n) is 3.14. The molecule has 0 spiro atoms. The normalized spacial score (nSPS) is 10.7. The number of aromatic nitrogens is 4. The minimum Gasteiger partial charge on any atom is -0.484 e. The van der Waals surface area contributed by atoms with E-state index in [2.05, 4.69) is 20.4 Å². The molecule has 1 amide bonds. The zero-order valence-corrected chi connectivity index (χ0v) is 17.8. The Kier molecular flexibility index (Phi) is 5.80. The third kappa shape index (κ3) is 4.72. The molecule has 9 heteroatoms. The molecule has 0 saturated carbocycles. The van der Waals surface area contributed by atoms with Crippen molar-refractivity contribution in [3.63, 3.8) is 0 Å². The molecular weight excluding hydrogens is 410 g/mol. The van der Waals surface area contributed by atoms with Gasteiger partial charge in [0.05, 0.1) is 5.69 Å². The molecule has 0 saturated heterocycles. The van der Waals surface area contributed by atoms with Crippen LogP contribution in [0.15, 0.2) is 52.9 Å². The molecule has 0 aliphatic rings. The van der Waals surface area contributed by atoms with Crippen LogP contribution in [0, 0.1) is 20.8 Å². The molecule has 3 heterocycles. The van der Waals surface area contributed by atoms with Gasteiger partial charge in [-0.3, -0.25) is 9.59 Å². The van der Waals surface area contributed by atoms with Gasteiger partial charge in [0.15, 0.2) is 24.0 Å². The molecule has 4 aromatic rings. The van der Waals surface area contributed by atoms with Crippen molar-refractivity contribution in [1.29, 1.82) is 0 Å². The molecule has 0 aliphatic heterocycles. The summed E-state index contributed by atoms with van der Waals surface area (Å²) in [6.07, 6.45) is 0.714. The lowest BCUT2D eigenvalue weighted by atomic mass is 10.2. The Morgan fingerprint density at radius 1 is 1.12 bits per heavy atom. The number of carbonyl (C=O) groups excluding carboxylic acids is 2. The number of nitrogens with zero attached hydrogens (tertiary/aromatic N) is 4. The highest BCUT2D eigenvalue weighted by molar-refractivity contribution is 5.91. The van der Waals surface area contributed by atoms with Crippen molar-refractivity contribution in [1.82, 2.24) is 19.7 Å². The number of amides is 1. The monoisotopic (exact) mass is 431 g/mol. The van der Waals surface area contributed by atoms with Gasteiger partial charge in [-0.2, -0.15) is 5.10 Å². The molecule has 0 radical (unpaired) electrons. The van der Waals surface area contributed by atoms with Gasteiger partial charge in [0.1, 0.15) is 23.6 Å². The number of hydrogen-bond donors (Lipinski definition) is 1. The van der Waals surface area contributed by atoms with Gasteiger partial charge in [0.2, 0.25) is 0 Å². The summed E-state index contributed by atoms with van der Waals surface area (Å²) in [5.74, 6) is 2.29. The van der Waals surface area contributed by atoms with Crippen LogP contribution in [-0.2, 0) is 4.79 Å². The summed E-state index contributed by atoms with van der Waals surface area (Å²) in [6.45, 7) is 5.38. The second kappa shape index (κ2) is 8.84. The van der Waals surface area contributed by atoms with Crippen molar-refractivity contribution < 1.29 is 18.7 Å². The standard InChI is InChI=1S/C23H21N5O4/c1-14-9-15(2)28(27-14)21-11-20(25-23(26-21)19-8-7-16(3)32-19)24-22(30)13-31-18-6-4-5-17(10-18)12-29/h4-12H,13H2,1-3H3,(H,24,25,26,30). The molecule has 9 nitrogen and oxygen atoms in total. The van der Waals surface area contributed by atoms with Gasteiger partial charge in [-0.05, 0) is 51.1 Å². The Bertz CT molecular complexity index is 1290. The molecule has 162 valence electrons. The van der Waals surface area contributed by atoms with Crippen LogP contribution in [-0.4, -0.2) is 38.5 Å². The Labute approximate surface area is 184 Å². The summed E-state index contributed by atoms with van der Waals surface area (Å²) in [6, 6.07) is 13.7. The second-order valence-electron chi connectivity index (χ2n) is 7.21. The first-order valence-electron chi connectivity index (χ1n) is 9.89. The largest absolute Gasteiger partial charge is 0.484 e. The minimum absolute atomic E-state index is 0.253. The van der Waals surface area contributed by atoms with Gasteiger partial charge in [0.25, 0.3) is 5.91 Å². The van der Waals surface area contributed by atoms with Gasteiger partial charge < -0.3 is 14.5 Å². The SMILES string of the molecule is Cc1cc(C)n(-c2cc(NC(=O)COc3cccc(C=O)c3)nc(-c3ccc(C)o3)n2)n1. The summed E-state index contributed by atoms with van der Waals surface area (Å²) in [4.78, 5) is 32.4. The topological polar surface area (TPSA) is 112 Å². The highest BCUT2D eigenvalue weighted by Crippen LogP contribution is 2.23. The van der Waals surface area contributed by atoms with Crippen molar-refractivity contribution in [3.05, 3.63) is 71.2 Å². The third-order valence-electron chi connectivity index (χ3n) is 4.53. The summed E-state index contributed by atoms with van der Waals surface area (Å²) in [5, 5.41) is 7.19. The Morgan fingerprint density at radius 2 is 1.97 bits per heavy atom. The van der Waals surface area contributed by atoms with E-state index in [-0.39, 0.29) is 12.4 Å². The van der Waals surface area contributed by atoms with E-state index in [0.29, 0.717) is 35.0 Å². The van der Waals surface area contributed by atoms with Gasteiger partial charge in [-0.25, -0.2) is 14.6 Å². The molecule has 0 atom stereocenters. The number of aldehydes is 1. The zero-order chi connectivity index (χ0) is 22.7. The van der Waals surface area contributed by atoms with Crippen molar-refractivity contribution in [2.45, 2.75) is 20.8 Å². The van der Waals surface area contributed by atoms with E-state index in [4.69, 9.17) is 9.15 Å². The molecule has 32 heavy (non-hydrogen) atoms. The number of carbonyl (C=O) groups is 2. The number of nitrogens with one attached hydrogen (secondary N) is 1. The second-order valence-corrected chi connectivity index (χ2v) is 7.21. The van der Waals surface area contributed by atoms with E-state index in [1.807, 2.05) is 32.9 Å². The molecule has 4 rings (SSSR count). The fourth-order valence-corrected chi connectivity index (χ4v) is 3.14. The Hall–Kier alpha value is -4.27. The van der Waals surface area contributed by atoms with Crippen LogP contribution >= 0.6 is 0 Å². The number of hydrogen-bond acceptors (Lipinski definition) is 7. The lowest BCUT2D eigenvalue weighted by Gasteiger charge is -2.10. The third-order valence-corrected chi connectivity index (χ3v) is 4.53. The molecule has 0 aliphatic carbocycles. The summed E-state index contributed by atoms with van der Waals surface area (Å²) >= 11 is 0. The van der Waals surface area contributed by atoms with Gasteiger partial charge in [-0.15, -0.1) is 0 Å². The molecule has 1 aromatic carbocycles. The van der Waals surface area contributed by atoms with Crippen LogP contribution in [0.2, 0.25) is 0 Å². The average molecular weight is 431 g/mol. The molecule has 0 bridgehead atoms. The number of anilines is 1. The zero-order valence-electron chi connectivity index (χ0n) is 17.8. The summed E-state index contributed by atoms with van der Waals surface area (Å²) in [7, 11) is 0.